The molecule has 0 aliphatic carbocycles. The summed E-state index contributed by atoms with van der Waals surface area (Å²) in [6.07, 6.45) is 0. The second-order valence-electron chi connectivity index (χ2n) is 4.93. The predicted molar refractivity (Wildman–Crippen MR) is 95.5 cm³/mol. The van der Waals surface area contributed by atoms with Crippen LogP contribution in [0, 0.1) is 0 Å². The van der Waals surface area contributed by atoms with Gasteiger partial charge in [-0.25, -0.2) is 9.78 Å². The van der Waals surface area contributed by atoms with Crippen LogP contribution in [0.25, 0.3) is 22.2 Å². The van der Waals surface area contributed by atoms with E-state index in [4.69, 9.17) is 16.6 Å². The Morgan fingerprint density at radius 1 is 1.22 bits per heavy atom. The first-order chi connectivity index (χ1) is 11.1. The van der Waals surface area contributed by atoms with Gasteiger partial charge in [-0.3, -0.25) is 0 Å². The molecule has 0 atom stereocenters. The molecule has 1 N–H and O–H groups in total. The summed E-state index contributed by atoms with van der Waals surface area (Å²) in [5.74, 6) is -0.207. The van der Waals surface area contributed by atoms with E-state index < -0.39 is 5.97 Å². The number of rotatable bonds is 4. The van der Waals surface area contributed by atoms with Crippen LogP contribution in [0.5, 0.6) is 0 Å². The monoisotopic (exact) mass is 343 g/mol. The van der Waals surface area contributed by atoms with Crippen LogP contribution in [0.3, 0.4) is 0 Å². The summed E-state index contributed by atoms with van der Waals surface area (Å²) < 4.78 is 0. The van der Waals surface area contributed by atoms with E-state index in [1.165, 1.54) is 11.8 Å². The number of aromatic nitrogens is 1. The molecule has 0 saturated carbocycles. The van der Waals surface area contributed by atoms with E-state index in [0.717, 1.165) is 11.3 Å². The molecule has 3 aromatic rings. The van der Waals surface area contributed by atoms with E-state index in [0.29, 0.717) is 26.5 Å². The molecular weight excluding hydrogens is 330 g/mol. The number of pyridine rings is 1. The van der Waals surface area contributed by atoms with Crippen LogP contribution in [0.2, 0.25) is 5.02 Å². The summed E-state index contributed by atoms with van der Waals surface area (Å²) in [7, 11) is 0. The Hall–Kier alpha value is -2.04. The number of benzene rings is 2. The molecule has 0 aliphatic heterocycles. The maximum atomic E-state index is 11.9. The highest BCUT2D eigenvalue weighted by molar-refractivity contribution is 7.99. The fraction of sp³-hybridized carbons (Fsp3) is 0.111. The Bertz CT molecular complexity index is 881. The summed E-state index contributed by atoms with van der Waals surface area (Å²) in [4.78, 5) is 17.3. The molecule has 0 amide bonds. The fourth-order valence-corrected chi connectivity index (χ4v) is 3.61. The van der Waals surface area contributed by atoms with Gasteiger partial charge in [0, 0.05) is 20.9 Å². The molecule has 23 heavy (non-hydrogen) atoms. The van der Waals surface area contributed by atoms with Crippen molar-refractivity contribution in [2.45, 2.75) is 11.8 Å². The zero-order valence-electron chi connectivity index (χ0n) is 12.4. The second-order valence-corrected chi connectivity index (χ2v) is 6.64. The Morgan fingerprint density at radius 2 is 1.96 bits per heavy atom. The van der Waals surface area contributed by atoms with E-state index in [-0.39, 0.29) is 5.56 Å². The molecule has 0 fully saturated rings. The van der Waals surface area contributed by atoms with Crippen molar-refractivity contribution in [3.05, 3.63) is 59.1 Å². The van der Waals surface area contributed by atoms with Gasteiger partial charge in [0.2, 0.25) is 0 Å². The number of carbonyl (C=O) groups is 1. The van der Waals surface area contributed by atoms with Gasteiger partial charge in [0.05, 0.1) is 16.8 Å². The number of hydrogen-bond donors (Lipinski definition) is 1. The van der Waals surface area contributed by atoms with E-state index in [1.54, 1.807) is 18.2 Å². The number of carboxylic acids is 1. The van der Waals surface area contributed by atoms with Gasteiger partial charge in [-0.15, -0.1) is 11.8 Å². The molecule has 1 aromatic heterocycles. The number of carboxylic acid groups (broad SMARTS) is 1. The van der Waals surface area contributed by atoms with Crippen molar-refractivity contribution in [1.82, 2.24) is 4.98 Å². The zero-order valence-corrected chi connectivity index (χ0v) is 14.0. The third-order valence-corrected chi connectivity index (χ3v) is 4.66. The largest absolute Gasteiger partial charge is 0.478 e. The topological polar surface area (TPSA) is 50.2 Å². The first kappa shape index (κ1) is 15.8. The summed E-state index contributed by atoms with van der Waals surface area (Å²) in [6, 6.07) is 14.8. The Balaban J connectivity index is 2.42. The first-order valence-corrected chi connectivity index (χ1v) is 8.53. The molecule has 0 aliphatic rings. The highest BCUT2D eigenvalue weighted by Crippen LogP contribution is 2.37. The SMILES string of the molecule is CCSc1c(-c2ccccc2)nc2ccc(Cl)cc2c1C(=O)O. The molecule has 2 aromatic carbocycles. The van der Waals surface area contributed by atoms with Crippen molar-refractivity contribution in [2.75, 3.05) is 5.75 Å². The van der Waals surface area contributed by atoms with Crippen LogP contribution in [0.1, 0.15) is 17.3 Å². The molecule has 0 spiro atoms. The number of aromatic carboxylic acids is 1. The average Bonchev–Trinajstić information content (AvgIpc) is 2.55. The summed E-state index contributed by atoms with van der Waals surface area (Å²) in [5, 5.41) is 10.8. The minimum Gasteiger partial charge on any atom is -0.478 e. The van der Waals surface area contributed by atoms with Crippen molar-refractivity contribution in [3.63, 3.8) is 0 Å². The molecule has 0 unspecified atom stereocenters. The van der Waals surface area contributed by atoms with Crippen molar-refractivity contribution >= 4 is 40.2 Å². The number of thioether (sulfide) groups is 1. The van der Waals surface area contributed by atoms with Gasteiger partial charge < -0.3 is 5.11 Å². The lowest BCUT2D eigenvalue weighted by molar-refractivity contribution is 0.0695. The van der Waals surface area contributed by atoms with E-state index in [2.05, 4.69) is 0 Å². The van der Waals surface area contributed by atoms with Gasteiger partial charge in [0.1, 0.15) is 0 Å². The first-order valence-electron chi connectivity index (χ1n) is 7.16. The maximum Gasteiger partial charge on any atom is 0.337 e. The van der Waals surface area contributed by atoms with Crippen molar-refractivity contribution < 1.29 is 9.90 Å². The van der Waals surface area contributed by atoms with Gasteiger partial charge in [-0.05, 0) is 24.0 Å². The zero-order chi connectivity index (χ0) is 16.4. The van der Waals surface area contributed by atoms with Crippen molar-refractivity contribution in [1.29, 1.82) is 0 Å². The Morgan fingerprint density at radius 3 is 2.61 bits per heavy atom. The smallest absolute Gasteiger partial charge is 0.337 e. The van der Waals surface area contributed by atoms with E-state index in [1.807, 2.05) is 37.3 Å². The summed E-state index contributed by atoms with van der Waals surface area (Å²) in [5.41, 5.74) is 2.50. The highest BCUT2D eigenvalue weighted by atomic mass is 35.5. The summed E-state index contributed by atoms with van der Waals surface area (Å²) >= 11 is 7.54. The third-order valence-electron chi connectivity index (χ3n) is 3.45. The Labute approximate surface area is 143 Å². The molecule has 1 heterocycles. The van der Waals surface area contributed by atoms with Crippen LogP contribution in [-0.2, 0) is 0 Å². The van der Waals surface area contributed by atoms with E-state index >= 15 is 0 Å². The van der Waals surface area contributed by atoms with Crippen LogP contribution < -0.4 is 0 Å². The number of hydrogen-bond acceptors (Lipinski definition) is 3. The molecule has 0 radical (unpaired) electrons. The van der Waals surface area contributed by atoms with Crippen LogP contribution in [0.4, 0.5) is 0 Å². The second kappa shape index (κ2) is 6.60. The predicted octanol–water partition coefficient (Wildman–Crippen LogP) is 5.37. The molecule has 3 nitrogen and oxygen atoms in total. The average molecular weight is 344 g/mol. The molecule has 0 saturated heterocycles. The standard InChI is InChI=1S/C18H14ClNO2S/c1-2-23-17-15(18(21)22)13-10-12(19)8-9-14(13)20-16(17)11-6-4-3-5-7-11/h3-10H,2H2,1H3,(H,21,22). The van der Waals surface area contributed by atoms with Gasteiger partial charge in [-0.1, -0.05) is 48.9 Å². The van der Waals surface area contributed by atoms with Crippen LogP contribution >= 0.6 is 23.4 Å². The van der Waals surface area contributed by atoms with Crippen molar-refractivity contribution in [2.24, 2.45) is 0 Å². The molecule has 116 valence electrons. The molecule has 0 bridgehead atoms. The number of fused-ring (bicyclic) bond motifs is 1. The minimum absolute atomic E-state index is 0.267. The minimum atomic E-state index is -0.965. The third kappa shape index (κ3) is 3.05. The normalized spacial score (nSPS) is 10.9. The van der Waals surface area contributed by atoms with Crippen LogP contribution in [0.15, 0.2) is 53.4 Å². The highest BCUT2D eigenvalue weighted by Gasteiger charge is 2.21. The van der Waals surface area contributed by atoms with Crippen molar-refractivity contribution in [3.8, 4) is 11.3 Å². The Kier molecular flexibility index (Phi) is 4.55. The number of nitrogens with zero attached hydrogens (tertiary/aromatic N) is 1. The van der Waals surface area contributed by atoms with Gasteiger partial charge in [-0.2, -0.15) is 0 Å². The van der Waals surface area contributed by atoms with Gasteiger partial charge in [0.25, 0.3) is 0 Å². The lowest BCUT2D eigenvalue weighted by Gasteiger charge is -2.14. The quantitative estimate of drug-likeness (QED) is 0.647. The van der Waals surface area contributed by atoms with Gasteiger partial charge >= 0.3 is 5.97 Å². The fourth-order valence-electron chi connectivity index (χ4n) is 2.51. The van der Waals surface area contributed by atoms with E-state index in [9.17, 15) is 9.90 Å². The van der Waals surface area contributed by atoms with Crippen LogP contribution in [-0.4, -0.2) is 21.8 Å². The lowest BCUT2D eigenvalue weighted by atomic mass is 10.0. The molecule has 3 rings (SSSR count). The van der Waals surface area contributed by atoms with Gasteiger partial charge in [0.15, 0.2) is 0 Å². The maximum absolute atomic E-state index is 11.9. The summed E-state index contributed by atoms with van der Waals surface area (Å²) in [6.45, 7) is 1.99. The lowest BCUT2D eigenvalue weighted by Crippen LogP contribution is -2.04. The molecule has 5 heteroatoms. The molecular formula is C18H14ClNO2S. The number of halogens is 1.